The number of hydrogen-bond acceptors (Lipinski definition) is 3. The molecule has 0 heterocycles. The lowest BCUT2D eigenvalue weighted by molar-refractivity contribution is 0.306. The molecule has 0 fully saturated rings. The Labute approximate surface area is 183 Å². The second-order valence-corrected chi connectivity index (χ2v) is 7.54. The van der Waals surface area contributed by atoms with Crippen LogP contribution in [0.1, 0.15) is 16.7 Å². The van der Waals surface area contributed by atoms with Gasteiger partial charge in [0.25, 0.3) is 0 Å². The van der Waals surface area contributed by atoms with Gasteiger partial charge in [-0.3, -0.25) is 0 Å². The fourth-order valence-electron chi connectivity index (χ4n) is 2.40. The van der Waals surface area contributed by atoms with Crippen LogP contribution in [0.2, 0.25) is 20.1 Å². The Balaban J connectivity index is 1.52. The Morgan fingerprint density at radius 2 is 1.57 bits per heavy atom. The Bertz CT molecular complexity index is 954. The van der Waals surface area contributed by atoms with Gasteiger partial charge in [0.2, 0.25) is 0 Å². The van der Waals surface area contributed by atoms with Gasteiger partial charge in [-0.2, -0.15) is 5.10 Å². The maximum atomic E-state index is 6.15. The Hall–Kier alpha value is -1.91. The lowest BCUT2D eigenvalue weighted by atomic mass is 10.2. The molecule has 144 valence electrons. The van der Waals surface area contributed by atoms with Crippen molar-refractivity contribution in [2.24, 2.45) is 5.10 Å². The van der Waals surface area contributed by atoms with Gasteiger partial charge in [-0.05, 0) is 54.1 Å². The van der Waals surface area contributed by atoms with Crippen molar-refractivity contribution in [3.63, 3.8) is 0 Å². The zero-order valence-corrected chi connectivity index (χ0v) is 17.7. The largest absolute Gasteiger partial charge is 0.489 e. The van der Waals surface area contributed by atoms with Crippen LogP contribution in [0.4, 0.5) is 0 Å². The number of nitrogens with one attached hydrogen (secondary N) is 1. The summed E-state index contributed by atoms with van der Waals surface area (Å²) in [6, 6.07) is 18.3. The molecule has 3 aromatic carbocycles. The molecule has 0 saturated carbocycles. The van der Waals surface area contributed by atoms with Crippen LogP contribution in [0.3, 0.4) is 0 Å². The van der Waals surface area contributed by atoms with Crippen molar-refractivity contribution < 1.29 is 4.74 Å². The van der Waals surface area contributed by atoms with Gasteiger partial charge in [-0.25, -0.2) is 0 Å². The van der Waals surface area contributed by atoms with Gasteiger partial charge in [-0.1, -0.05) is 58.5 Å². The quantitative estimate of drug-likeness (QED) is 0.308. The molecule has 0 bridgehead atoms. The third-order valence-corrected chi connectivity index (χ3v) is 5.21. The minimum absolute atomic E-state index is 0.365. The molecule has 0 aliphatic carbocycles. The molecule has 3 rings (SSSR count). The van der Waals surface area contributed by atoms with Crippen molar-refractivity contribution in [1.29, 1.82) is 0 Å². The summed E-state index contributed by atoms with van der Waals surface area (Å²) in [6.45, 7) is 0.807. The van der Waals surface area contributed by atoms with Crippen molar-refractivity contribution in [3.05, 3.63) is 97.4 Å². The summed E-state index contributed by atoms with van der Waals surface area (Å²) >= 11 is 24.3. The Morgan fingerprint density at radius 3 is 2.25 bits per heavy atom. The number of benzene rings is 3. The minimum Gasteiger partial charge on any atom is -0.489 e. The molecule has 7 heteroatoms. The zero-order chi connectivity index (χ0) is 19.9. The first kappa shape index (κ1) is 20.8. The first-order chi connectivity index (χ1) is 13.5. The van der Waals surface area contributed by atoms with Crippen LogP contribution >= 0.6 is 46.4 Å². The van der Waals surface area contributed by atoms with E-state index in [0.29, 0.717) is 33.2 Å². The lowest BCUT2D eigenvalue weighted by Crippen LogP contribution is -2.06. The number of ether oxygens (including phenoxy) is 1. The fourth-order valence-corrected chi connectivity index (χ4v) is 3.39. The predicted molar refractivity (Wildman–Crippen MR) is 118 cm³/mol. The highest BCUT2D eigenvalue weighted by molar-refractivity contribution is 6.36. The summed E-state index contributed by atoms with van der Waals surface area (Å²) in [5.41, 5.74) is 5.56. The van der Waals surface area contributed by atoms with Crippen LogP contribution in [0, 0.1) is 0 Å². The molecule has 0 aliphatic heterocycles. The maximum Gasteiger partial charge on any atom is 0.119 e. The van der Waals surface area contributed by atoms with E-state index in [1.54, 1.807) is 30.5 Å². The van der Waals surface area contributed by atoms with Crippen LogP contribution in [-0.2, 0) is 13.2 Å². The minimum atomic E-state index is 0.365. The van der Waals surface area contributed by atoms with E-state index in [4.69, 9.17) is 51.1 Å². The Morgan fingerprint density at radius 1 is 0.857 bits per heavy atom. The molecule has 0 spiro atoms. The molecule has 0 saturated heterocycles. The number of nitrogens with zero attached hydrogens (tertiary/aromatic N) is 1. The average molecular weight is 454 g/mol. The second kappa shape index (κ2) is 10.0. The van der Waals surface area contributed by atoms with E-state index in [-0.39, 0.29) is 0 Å². The zero-order valence-electron chi connectivity index (χ0n) is 14.6. The van der Waals surface area contributed by atoms with Crippen LogP contribution in [-0.4, -0.2) is 6.21 Å². The molecule has 28 heavy (non-hydrogen) atoms. The van der Waals surface area contributed by atoms with Crippen LogP contribution in [0.25, 0.3) is 0 Å². The molecule has 0 atom stereocenters. The van der Waals surface area contributed by atoms with Crippen molar-refractivity contribution in [1.82, 2.24) is 5.43 Å². The van der Waals surface area contributed by atoms with Crippen molar-refractivity contribution >= 4 is 52.6 Å². The van der Waals surface area contributed by atoms with Gasteiger partial charge in [-0.15, -0.1) is 0 Å². The summed E-state index contributed by atoms with van der Waals surface area (Å²) in [4.78, 5) is 0. The normalized spacial score (nSPS) is 11.0. The molecular formula is C21H16Cl4N2O. The van der Waals surface area contributed by atoms with E-state index < -0.39 is 0 Å². The van der Waals surface area contributed by atoms with Crippen molar-refractivity contribution in [2.75, 3.05) is 0 Å². The third kappa shape index (κ3) is 5.79. The predicted octanol–water partition coefficient (Wildman–Crippen LogP) is 7.00. The number of halogens is 4. The molecule has 0 aliphatic rings. The fraction of sp³-hybridized carbons (Fsp3) is 0.0952. The number of hydrazone groups is 1. The van der Waals surface area contributed by atoms with E-state index in [1.165, 1.54) is 0 Å². The van der Waals surface area contributed by atoms with Crippen LogP contribution in [0.15, 0.2) is 65.8 Å². The molecule has 0 radical (unpaired) electrons. The van der Waals surface area contributed by atoms with Gasteiger partial charge in [0.1, 0.15) is 12.4 Å². The molecule has 0 amide bonds. The SMILES string of the molecule is Clc1ccc(COc2ccc(/C=N/NCc3c(Cl)cccc3Cl)cc2)c(Cl)c1. The summed E-state index contributed by atoms with van der Waals surface area (Å²) in [5.74, 6) is 0.735. The second-order valence-electron chi connectivity index (χ2n) is 5.89. The average Bonchev–Trinajstić information content (AvgIpc) is 2.67. The van der Waals surface area contributed by atoms with Crippen LogP contribution in [0.5, 0.6) is 5.75 Å². The van der Waals surface area contributed by atoms with Gasteiger partial charge < -0.3 is 10.2 Å². The highest BCUT2D eigenvalue weighted by Crippen LogP contribution is 2.24. The van der Waals surface area contributed by atoms with Gasteiger partial charge in [0.05, 0.1) is 12.8 Å². The molecular weight excluding hydrogens is 438 g/mol. The van der Waals surface area contributed by atoms with E-state index in [0.717, 1.165) is 22.4 Å². The summed E-state index contributed by atoms with van der Waals surface area (Å²) in [7, 11) is 0. The van der Waals surface area contributed by atoms with Crippen molar-refractivity contribution in [3.8, 4) is 5.75 Å². The van der Waals surface area contributed by atoms with E-state index in [9.17, 15) is 0 Å². The van der Waals surface area contributed by atoms with Gasteiger partial charge in [0.15, 0.2) is 0 Å². The standard InChI is InChI=1S/C21H16Cl4N2O/c22-16-7-6-15(21(25)10-16)13-28-17-8-4-14(5-9-17)11-26-27-12-18-19(23)2-1-3-20(18)24/h1-11,27H,12-13H2/b26-11+. The first-order valence-corrected chi connectivity index (χ1v) is 9.90. The first-order valence-electron chi connectivity index (χ1n) is 8.38. The molecule has 0 unspecified atom stereocenters. The van der Waals surface area contributed by atoms with Crippen molar-refractivity contribution in [2.45, 2.75) is 13.2 Å². The number of rotatable bonds is 7. The summed E-state index contributed by atoms with van der Waals surface area (Å²) in [6.07, 6.45) is 1.71. The lowest BCUT2D eigenvalue weighted by Gasteiger charge is -2.08. The summed E-state index contributed by atoms with van der Waals surface area (Å²) < 4.78 is 5.76. The monoisotopic (exact) mass is 452 g/mol. The number of hydrogen-bond donors (Lipinski definition) is 1. The maximum absolute atomic E-state index is 6.15. The topological polar surface area (TPSA) is 33.6 Å². The summed E-state index contributed by atoms with van der Waals surface area (Å²) in [5, 5.41) is 6.60. The van der Waals surface area contributed by atoms with E-state index >= 15 is 0 Å². The van der Waals surface area contributed by atoms with Gasteiger partial charge in [0, 0.05) is 31.2 Å². The molecule has 1 N–H and O–H groups in total. The van der Waals surface area contributed by atoms with Crippen LogP contribution < -0.4 is 10.2 Å². The van der Waals surface area contributed by atoms with E-state index in [1.807, 2.05) is 36.4 Å². The molecule has 0 aromatic heterocycles. The molecule has 3 nitrogen and oxygen atoms in total. The Kier molecular flexibility index (Phi) is 7.46. The van der Waals surface area contributed by atoms with E-state index in [2.05, 4.69) is 10.5 Å². The van der Waals surface area contributed by atoms with Gasteiger partial charge >= 0.3 is 0 Å². The third-order valence-electron chi connectivity index (χ3n) is 3.91. The molecule has 3 aromatic rings. The smallest absolute Gasteiger partial charge is 0.119 e. The highest BCUT2D eigenvalue weighted by atomic mass is 35.5. The highest BCUT2D eigenvalue weighted by Gasteiger charge is 2.04.